The summed E-state index contributed by atoms with van der Waals surface area (Å²) in [5, 5.41) is 7.32. The first-order valence-electron chi connectivity index (χ1n) is 9.18. The molecule has 0 unspecified atom stereocenters. The number of nitrogens with one attached hydrogen (secondary N) is 1. The highest BCUT2D eigenvalue weighted by Crippen LogP contribution is 2.22. The Kier molecular flexibility index (Phi) is 5.32. The molecule has 0 aliphatic carbocycles. The highest BCUT2D eigenvalue weighted by Gasteiger charge is 2.30. The maximum Gasteiger partial charge on any atom is 0.260 e. The molecule has 1 aliphatic heterocycles. The van der Waals surface area contributed by atoms with Crippen LogP contribution in [0.15, 0.2) is 66.0 Å². The van der Waals surface area contributed by atoms with Crippen molar-refractivity contribution in [2.45, 2.75) is 5.03 Å². The third-order valence-electron chi connectivity index (χ3n) is 4.77. The lowest BCUT2D eigenvalue weighted by molar-refractivity contribution is 0.381. The van der Waals surface area contributed by atoms with Gasteiger partial charge in [0.2, 0.25) is 5.95 Å². The molecule has 2 aromatic heterocycles. The quantitative estimate of drug-likeness (QED) is 0.648. The van der Waals surface area contributed by atoms with Crippen LogP contribution in [0, 0.1) is 5.41 Å². The first kappa shape index (κ1) is 19.2. The second-order valence-electron chi connectivity index (χ2n) is 6.57. The summed E-state index contributed by atoms with van der Waals surface area (Å²) >= 11 is 0. The van der Waals surface area contributed by atoms with E-state index in [1.807, 2.05) is 17.0 Å². The highest BCUT2D eigenvalue weighted by atomic mass is 32.2. The van der Waals surface area contributed by atoms with Crippen molar-refractivity contribution in [3.05, 3.63) is 66.5 Å². The van der Waals surface area contributed by atoms with Gasteiger partial charge in [0.25, 0.3) is 10.0 Å². The molecule has 0 amide bonds. The van der Waals surface area contributed by atoms with Crippen LogP contribution in [0.3, 0.4) is 0 Å². The van der Waals surface area contributed by atoms with Gasteiger partial charge >= 0.3 is 0 Å². The van der Waals surface area contributed by atoms with Crippen molar-refractivity contribution < 1.29 is 8.42 Å². The van der Waals surface area contributed by atoms with Crippen LogP contribution in [0.5, 0.6) is 0 Å². The molecule has 8 nitrogen and oxygen atoms in total. The normalized spacial score (nSPS) is 15.2. The molecule has 1 saturated heterocycles. The van der Waals surface area contributed by atoms with Crippen molar-refractivity contribution in [3.8, 4) is 11.3 Å². The van der Waals surface area contributed by atoms with Crippen LogP contribution in [0.1, 0.15) is 5.56 Å². The number of benzene rings is 1. The van der Waals surface area contributed by atoms with Crippen molar-refractivity contribution in [3.63, 3.8) is 0 Å². The Hall–Kier alpha value is -3.17. The zero-order chi connectivity index (χ0) is 20.3. The van der Waals surface area contributed by atoms with Crippen molar-refractivity contribution in [1.82, 2.24) is 19.3 Å². The Balaban J connectivity index is 1.52. The maximum absolute atomic E-state index is 13.1. The lowest BCUT2D eigenvalue weighted by Crippen LogP contribution is -2.49. The molecule has 1 N–H and O–H groups in total. The number of nitrogens with zero attached hydrogens (tertiary/aromatic N) is 5. The molecular formula is C20H20N6O2S. The number of pyridine rings is 1. The monoisotopic (exact) mass is 408 g/mol. The van der Waals surface area contributed by atoms with Crippen LogP contribution < -0.4 is 4.90 Å². The number of aromatic nitrogens is 3. The Morgan fingerprint density at radius 2 is 1.59 bits per heavy atom. The van der Waals surface area contributed by atoms with Crippen molar-refractivity contribution in [1.29, 1.82) is 5.41 Å². The van der Waals surface area contributed by atoms with Crippen LogP contribution in [-0.2, 0) is 10.0 Å². The summed E-state index contributed by atoms with van der Waals surface area (Å²) in [5.74, 6) is 0.609. The third kappa shape index (κ3) is 4.01. The summed E-state index contributed by atoms with van der Waals surface area (Å²) in [7, 11) is -3.69. The van der Waals surface area contributed by atoms with Crippen molar-refractivity contribution in [2.24, 2.45) is 0 Å². The van der Waals surface area contributed by atoms with Crippen LogP contribution in [-0.4, -0.2) is 60.1 Å². The molecule has 1 aliphatic rings. The average Bonchev–Trinajstić information content (AvgIpc) is 2.80. The Morgan fingerprint density at radius 3 is 2.24 bits per heavy atom. The zero-order valence-electron chi connectivity index (χ0n) is 15.6. The summed E-state index contributed by atoms with van der Waals surface area (Å²) in [6, 6.07) is 14.0. The minimum Gasteiger partial charge on any atom is -0.338 e. The van der Waals surface area contributed by atoms with Gasteiger partial charge in [-0.3, -0.25) is 0 Å². The van der Waals surface area contributed by atoms with E-state index in [1.165, 1.54) is 16.6 Å². The lowest BCUT2D eigenvalue weighted by Gasteiger charge is -2.33. The molecule has 0 spiro atoms. The lowest BCUT2D eigenvalue weighted by atomic mass is 10.1. The molecule has 1 aromatic carbocycles. The molecule has 0 bridgehead atoms. The van der Waals surface area contributed by atoms with E-state index >= 15 is 0 Å². The molecule has 148 valence electrons. The largest absolute Gasteiger partial charge is 0.338 e. The average molecular weight is 408 g/mol. The Bertz CT molecular complexity index is 1100. The van der Waals surface area contributed by atoms with Crippen molar-refractivity contribution in [2.75, 3.05) is 31.1 Å². The summed E-state index contributed by atoms with van der Waals surface area (Å²) in [6.07, 6.45) is 4.61. The zero-order valence-corrected chi connectivity index (χ0v) is 16.5. The first-order chi connectivity index (χ1) is 14.1. The molecule has 4 rings (SSSR count). The van der Waals surface area contributed by atoms with Crippen LogP contribution >= 0.6 is 0 Å². The van der Waals surface area contributed by atoms with Gasteiger partial charge in [-0.1, -0.05) is 30.3 Å². The van der Waals surface area contributed by atoms with Gasteiger partial charge in [-0.2, -0.15) is 4.31 Å². The molecular weight excluding hydrogens is 388 g/mol. The standard InChI is InChI=1S/C20H20N6O2S/c21-15-16-5-7-17(8-6-16)18-3-1-4-19(24-18)29(27,28)26-13-11-25(12-14-26)20-22-9-2-10-23-20/h1-10,15,21H,11-14H2. The molecule has 3 heterocycles. The van der Waals surface area contributed by atoms with E-state index in [2.05, 4.69) is 15.0 Å². The molecule has 0 atom stereocenters. The smallest absolute Gasteiger partial charge is 0.260 e. The molecule has 0 radical (unpaired) electrons. The Labute approximate surface area is 169 Å². The summed E-state index contributed by atoms with van der Waals surface area (Å²) in [5.41, 5.74) is 2.16. The van der Waals surface area contributed by atoms with Crippen LogP contribution in [0.2, 0.25) is 0 Å². The summed E-state index contributed by atoms with van der Waals surface area (Å²) in [6.45, 7) is 1.74. The van der Waals surface area contributed by atoms with E-state index in [0.717, 1.165) is 11.1 Å². The van der Waals surface area contributed by atoms with E-state index in [4.69, 9.17) is 5.41 Å². The first-order valence-corrected chi connectivity index (χ1v) is 10.6. The highest BCUT2D eigenvalue weighted by molar-refractivity contribution is 7.89. The van der Waals surface area contributed by atoms with Crippen molar-refractivity contribution >= 4 is 22.2 Å². The summed E-state index contributed by atoms with van der Waals surface area (Å²) in [4.78, 5) is 14.8. The minimum absolute atomic E-state index is 0.0375. The fraction of sp³-hybridized carbons (Fsp3) is 0.200. The second-order valence-corrected chi connectivity index (χ2v) is 8.45. The number of piperazine rings is 1. The molecule has 9 heteroatoms. The third-order valence-corrected chi connectivity index (χ3v) is 6.58. The number of hydrogen-bond acceptors (Lipinski definition) is 7. The SMILES string of the molecule is N=Cc1ccc(-c2cccc(S(=O)(=O)N3CCN(c4ncccn4)CC3)n2)cc1. The molecule has 29 heavy (non-hydrogen) atoms. The number of anilines is 1. The van der Waals surface area contributed by atoms with E-state index in [1.54, 1.807) is 42.7 Å². The van der Waals surface area contributed by atoms with Gasteiger partial charge in [0.15, 0.2) is 5.03 Å². The van der Waals surface area contributed by atoms with Gasteiger partial charge in [0, 0.05) is 50.4 Å². The summed E-state index contributed by atoms with van der Waals surface area (Å²) < 4.78 is 27.7. The van der Waals surface area contributed by atoms with E-state index in [9.17, 15) is 8.42 Å². The van der Waals surface area contributed by atoms with Gasteiger partial charge in [-0.15, -0.1) is 0 Å². The minimum atomic E-state index is -3.69. The number of rotatable bonds is 5. The van der Waals surface area contributed by atoms with Gasteiger partial charge < -0.3 is 10.3 Å². The van der Waals surface area contributed by atoms with E-state index in [0.29, 0.717) is 37.8 Å². The predicted octanol–water partition coefficient (Wildman–Crippen LogP) is 2.05. The van der Waals surface area contributed by atoms with Crippen LogP contribution in [0.25, 0.3) is 11.3 Å². The fourth-order valence-corrected chi connectivity index (χ4v) is 4.56. The maximum atomic E-state index is 13.1. The Morgan fingerprint density at radius 1 is 0.897 bits per heavy atom. The predicted molar refractivity (Wildman–Crippen MR) is 111 cm³/mol. The van der Waals surface area contributed by atoms with Gasteiger partial charge in [-0.05, 0) is 23.8 Å². The van der Waals surface area contributed by atoms with E-state index in [-0.39, 0.29) is 5.03 Å². The van der Waals surface area contributed by atoms with Gasteiger partial charge in [0.1, 0.15) is 0 Å². The molecule has 1 fully saturated rings. The molecule has 3 aromatic rings. The number of sulfonamides is 1. The van der Waals surface area contributed by atoms with Gasteiger partial charge in [0.05, 0.1) is 5.69 Å². The number of hydrogen-bond donors (Lipinski definition) is 1. The van der Waals surface area contributed by atoms with E-state index < -0.39 is 10.0 Å². The fourth-order valence-electron chi connectivity index (χ4n) is 3.18. The van der Waals surface area contributed by atoms with Gasteiger partial charge in [-0.25, -0.2) is 23.4 Å². The molecule has 0 saturated carbocycles. The van der Waals surface area contributed by atoms with Crippen LogP contribution in [0.4, 0.5) is 5.95 Å². The second kappa shape index (κ2) is 8.06. The topological polar surface area (TPSA) is 103 Å².